The van der Waals surface area contributed by atoms with E-state index < -0.39 is 24.6 Å². The second-order valence-electron chi connectivity index (χ2n) is 3.20. The zero-order valence-electron chi connectivity index (χ0n) is 9.45. The lowest BCUT2D eigenvalue weighted by molar-refractivity contribution is -0.153. The third kappa shape index (κ3) is 3.79. The van der Waals surface area contributed by atoms with Gasteiger partial charge in [0.15, 0.2) is 6.61 Å². The van der Waals surface area contributed by atoms with Crippen LogP contribution < -0.4 is 10.5 Å². The fourth-order valence-corrected chi connectivity index (χ4v) is 1.11. The maximum Gasteiger partial charge on any atom is 0.422 e. The van der Waals surface area contributed by atoms with E-state index in [1.54, 1.807) is 6.92 Å². The number of ether oxygens (including phenoxy) is 2. The van der Waals surface area contributed by atoms with Gasteiger partial charge < -0.3 is 15.2 Å². The summed E-state index contributed by atoms with van der Waals surface area (Å²) in [6, 6.07) is 1.24. The SMILES string of the molecule is CCOC(=O)c1ccnc(OCC(F)(F)F)c1N. The third-order valence-corrected chi connectivity index (χ3v) is 1.82. The van der Waals surface area contributed by atoms with E-state index in [2.05, 4.69) is 14.5 Å². The summed E-state index contributed by atoms with van der Waals surface area (Å²) in [6.07, 6.45) is -3.39. The summed E-state index contributed by atoms with van der Waals surface area (Å²) < 4.78 is 45.0. The molecule has 0 aliphatic rings. The van der Waals surface area contributed by atoms with E-state index in [-0.39, 0.29) is 17.9 Å². The van der Waals surface area contributed by atoms with Crippen LogP contribution in [0, 0.1) is 0 Å². The summed E-state index contributed by atoms with van der Waals surface area (Å²) in [4.78, 5) is 14.9. The number of carbonyl (C=O) groups is 1. The first kappa shape index (κ1) is 14.1. The first-order valence-electron chi connectivity index (χ1n) is 4.96. The molecule has 0 aliphatic heterocycles. The molecule has 0 aliphatic carbocycles. The molecule has 1 aromatic rings. The highest BCUT2D eigenvalue weighted by molar-refractivity contribution is 5.96. The fourth-order valence-electron chi connectivity index (χ4n) is 1.11. The predicted octanol–water partition coefficient (Wildman–Crippen LogP) is 1.78. The van der Waals surface area contributed by atoms with Gasteiger partial charge in [-0.2, -0.15) is 13.2 Å². The zero-order valence-corrected chi connectivity index (χ0v) is 9.45. The highest BCUT2D eigenvalue weighted by atomic mass is 19.4. The van der Waals surface area contributed by atoms with Crippen LogP contribution in [0.3, 0.4) is 0 Å². The minimum Gasteiger partial charge on any atom is -0.467 e. The van der Waals surface area contributed by atoms with E-state index in [9.17, 15) is 18.0 Å². The molecule has 18 heavy (non-hydrogen) atoms. The maximum absolute atomic E-state index is 12.0. The number of alkyl halides is 3. The van der Waals surface area contributed by atoms with Crippen molar-refractivity contribution < 1.29 is 27.4 Å². The number of hydrogen-bond donors (Lipinski definition) is 1. The van der Waals surface area contributed by atoms with E-state index in [1.165, 1.54) is 6.07 Å². The molecule has 0 radical (unpaired) electrons. The lowest BCUT2D eigenvalue weighted by Gasteiger charge is -2.11. The van der Waals surface area contributed by atoms with E-state index >= 15 is 0 Å². The summed E-state index contributed by atoms with van der Waals surface area (Å²) in [5.74, 6) is -1.19. The van der Waals surface area contributed by atoms with Crippen molar-refractivity contribution in [2.24, 2.45) is 0 Å². The first-order chi connectivity index (χ1) is 8.35. The Bertz CT molecular complexity index is 435. The van der Waals surface area contributed by atoms with E-state index in [0.717, 1.165) is 6.20 Å². The Morgan fingerprint density at radius 1 is 1.50 bits per heavy atom. The van der Waals surface area contributed by atoms with Crippen molar-refractivity contribution in [3.8, 4) is 5.88 Å². The standard InChI is InChI=1S/C10H11F3N2O3/c1-2-17-9(16)6-3-4-15-8(7(6)14)18-5-10(11,12)13/h3-4H,2,5,14H2,1H3. The second-order valence-corrected chi connectivity index (χ2v) is 3.20. The van der Waals surface area contributed by atoms with Gasteiger partial charge in [0.1, 0.15) is 5.69 Å². The van der Waals surface area contributed by atoms with Crippen LogP contribution in [0.5, 0.6) is 5.88 Å². The van der Waals surface area contributed by atoms with E-state index in [1.807, 2.05) is 0 Å². The molecule has 5 nitrogen and oxygen atoms in total. The van der Waals surface area contributed by atoms with Gasteiger partial charge in [0.2, 0.25) is 5.88 Å². The van der Waals surface area contributed by atoms with Crippen LogP contribution in [0.25, 0.3) is 0 Å². The average Bonchev–Trinajstić information content (AvgIpc) is 2.26. The van der Waals surface area contributed by atoms with Gasteiger partial charge in [-0.25, -0.2) is 9.78 Å². The Hall–Kier alpha value is -1.99. The minimum atomic E-state index is -4.51. The number of nitrogens with zero attached hydrogens (tertiary/aromatic N) is 1. The van der Waals surface area contributed by atoms with Crippen LogP contribution in [0.2, 0.25) is 0 Å². The van der Waals surface area contributed by atoms with Gasteiger partial charge in [-0.1, -0.05) is 0 Å². The average molecular weight is 264 g/mol. The fraction of sp³-hybridized carbons (Fsp3) is 0.400. The molecule has 1 aromatic heterocycles. The second kappa shape index (κ2) is 5.56. The van der Waals surface area contributed by atoms with Crippen molar-refractivity contribution in [1.29, 1.82) is 0 Å². The summed E-state index contributed by atoms with van der Waals surface area (Å²) >= 11 is 0. The van der Waals surface area contributed by atoms with Crippen molar-refractivity contribution in [3.63, 3.8) is 0 Å². The van der Waals surface area contributed by atoms with Gasteiger partial charge in [0, 0.05) is 6.20 Å². The van der Waals surface area contributed by atoms with Gasteiger partial charge in [-0.15, -0.1) is 0 Å². The zero-order chi connectivity index (χ0) is 13.8. The number of carbonyl (C=O) groups excluding carboxylic acids is 1. The number of aromatic nitrogens is 1. The highest BCUT2D eigenvalue weighted by Crippen LogP contribution is 2.25. The number of nitrogens with two attached hydrogens (primary N) is 1. The molecule has 8 heteroatoms. The normalized spacial score (nSPS) is 11.1. The van der Waals surface area contributed by atoms with Gasteiger partial charge in [0.25, 0.3) is 0 Å². The van der Waals surface area contributed by atoms with Crippen LogP contribution in [-0.4, -0.2) is 30.3 Å². The monoisotopic (exact) mass is 264 g/mol. The number of rotatable bonds is 4. The van der Waals surface area contributed by atoms with Crippen LogP contribution in [-0.2, 0) is 4.74 Å². The Morgan fingerprint density at radius 3 is 2.72 bits per heavy atom. The van der Waals surface area contributed by atoms with Crippen molar-refractivity contribution in [2.45, 2.75) is 13.1 Å². The summed E-state index contributed by atoms with van der Waals surface area (Å²) in [5, 5.41) is 0. The van der Waals surface area contributed by atoms with Crippen molar-refractivity contribution in [2.75, 3.05) is 18.9 Å². The lowest BCUT2D eigenvalue weighted by atomic mass is 10.2. The number of anilines is 1. The summed E-state index contributed by atoms with van der Waals surface area (Å²) in [6.45, 7) is 0.187. The molecule has 0 saturated heterocycles. The quantitative estimate of drug-likeness (QED) is 0.839. The summed E-state index contributed by atoms with van der Waals surface area (Å²) in [5.41, 5.74) is 5.13. The van der Waals surface area contributed by atoms with E-state index in [0.29, 0.717) is 0 Å². The number of pyridine rings is 1. The molecule has 2 N–H and O–H groups in total. The molecule has 0 bridgehead atoms. The number of halogens is 3. The molecule has 0 fully saturated rings. The topological polar surface area (TPSA) is 74.4 Å². The van der Waals surface area contributed by atoms with Crippen molar-refractivity contribution in [1.82, 2.24) is 4.98 Å². The van der Waals surface area contributed by atoms with Crippen LogP contribution in [0.4, 0.5) is 18.9 Å². The van der Waals surface area contributed by atoms with Crippen LogP contribution >= 0.6 is 0 Å². The highest BCUT2D eigenvalue weighted by Gasteiger charge is 2.29. The molecule has 1 rings (SSSR count). The maximum atomic E-state index is 12.0. The van der Waals surface area contributed by atoms with Gasteiger partial charge in [0.05, 0.1) is 12.2 Å². The van der Waals surface area contributed by atoms with Crippen LogP contribution in [0.1, 0.15) is 17.3 Å². The smallest absolute Gasteiger partial charge is 0.422 e. The Kier molecular flexibility index (Phi) is 4.35. The Labute approximate surface area is 101 Å². The molecule has 0 aromatic carbocycles. The predicted molar refractivity (Wildman–Crippen MR) is 56.2 cm³/mol. The number of hydrogen-bond acceptors (Lipinski definition) is 5. The molecule has 1 heterocycles. The Balaban J connectivity index is 2.88. The molecule has 0 spiro atoms. The van der Waals surface area contributed by atoms with Crippen molar-refractivity contribution >= 4 is 11.7 Å². The first-order valence-corrected chi connectivity index (χ1v) is 4.96. The largest absolute Gasteiger partial charge is 0.467 e. The van der Waals surface area contributed by atoms with Gasteiger partial charge in [-0.05, 0) is 13.0 Å². The number of esters is 1. The van der Waals surface area contributed by atoms with Gasteiger partial charge in [-0.3, -0.25) is 0 Å². The number of nitrogen functional groups attached to an aromatic ring is 1. The van der Waals surface area contributed by atoms with Gasteiger partial charge >= 0.3 is 12.1 Å². The molecule has 0 unspecified atom stereocenters. The summed E-state index contributed by atoms with van der Waals surface area (Å²) in [7, 11) is 0. The van der Waals surface area contributed by atoms with Crippen molar-refractivity contribution in [3.05, 3.63) is 17.8 Å². The molecular formula is C10H11F3N2O3. The molecule has 100 valence electrons. The molecule has 0 atom stereocenters. The molecular weight excluding hydrogens is 253 g/mol. The lowest BCUT2D eigenvalue weighted by Crippen LogP contribution is -2.20. The molecule has 0 amide bonds. The minimum absolute atomic E-state index is 0.0796. The van der Waals surface area contributed by atoms with E-state index in [4.69, 9.17) is 5.73 Å². The molecule has 0 saturated carbocycles. The third-order valence-electron chi connectivity index (χ3n) is 1.82. The Morgan fingerprint density at radius 2 is 2.17 bits per heavy atom. The van der Waals surface area contributed by atoms with Crippen LogP contribution in [0.15, 0.2) is 12.3 Å².